The van der Waals surface area contributed by atoms with Gasteiger partial charge in [-0.3, -0.25) is 4.90 Å². The van der Waals surface area contributed by atoms with Crippen molar-refractivity contribution in [3.8, 4) is 0 Å². The Morgan fingerprint density at radius 3 is 3.07 bits per heavy atom. The minimum absolute atomic E-state index is 0.392. The molecule has 3 nitrogen and oxygen atoms in total. The van der Waals surface area contributed by atoms with Gasteiger partial charge in [0.15, 0.2) is 0 Å². The van der Waals surface area contributed by atoms with Gasteiger partial charge in [0.25, 0.3) is 0 Å². The van der Waals surface area contributed by atoms with Gasteiger partial charge in [-0.25, -0.2) is 4.98 Å². The summed E-state index contributed by atoms with van der Waals surface area (Å²) < 4.78 is 0. The van der Waals surface area contributed by atoms with Crippen LogP contribution in [0.1, 0.15) is 24.0 Å². The molecule has 0 radical (unpaired) electrons. The molecule has 2 rings (SSSR count). The van der Waals surface area contributed by atoms with E-state index in [-0.39, 0.29) is 0 Å². The summed E-state index contributed by atoms with van der Waals surface area (Å²) in [7, 11) is 0. The van der Waals surface area contributed by atoms with E-state index in [2.05, 4.69) is 22.2 Å². The maximum atomic E-state index is 5.72. The number of aryl methyl sites for hydroxylation is 1. The Morgan fingerprint density at radius 1 is 1.64 bits per heavy atom. The highest BCUT2D eigenvalue weighted by Crippen LogP contribution is 2.16. The molecular formula is C10H17N3S. The average molecular weight is 211 g/mol. The van der Waals surface area contributed by atoms with Crippen molar-refractivity contribution in [2.24, 2.45) is 5.73 Å². The molecule has 4 heteroatoms. The summed E-state index contributed by atoms with van der Waals surface area (Å²) in [5.41, 5.74) is 6.93. The normalized spacial score (nSPS) is 18.4. The SMILES string of the molecule is CCCc1nc(CN2CC(N)C2)cs1. The molecule has 1 aliphatic rings. The molecule has 0 amide bonds. The van der Waals surface area contributed by atoms with Crippen molar-refractivity contribution in [2.75, 3.05) is 13.1 Å². The molecule has 0 aliphatic carbocycles. The topological polar surface area (TPSA) is 42.2 Å². The van der Waals surface area contributed by atoms with Crippen LogP contribution >= 0.6 is 11.3 Å². The van der Waals surface area contributed by atoms with Crippen LogP contribution in [0.3, 0.4) is 0 Å². The second-order valence-electron chi connectivity index (χ2n) is 3.94. The first kappa shape index (κ1) is 10.1. The Kier molecular flexibility index (Phi) is 3.15. The van der Waals surface area contributed by atoms with Crippen LogP contribution in [0.15, 0.2) is 5.38 Å². The van der Waals surface area contributed by atoms with Gasteiger partial charge in [-0.2, -0.15) is 0 Å². The smallest absolute Gasteiger partial charge is 0.0928 e. The second-order valence-corrected chi connectivity index (χ2v) is 4.88. The molecule has 2 heterocycles. The fourth-order valence-corrected chi connectivity index (χ4v) is 2.61. The number of aromatic nitrogens is 1. The van der Waals surface area contributed by atoms with Crippen LogP contribution in [-0.4, -0.2) is 29.0 Å². The quantitative estimate of drug-likeness (QED) is 0.814. The van der Waals surface area contributed by atoms with Gasteiger partial charge in [-0.1, -0.05) is 6.92 Å². The Balaban J connectivity index is 1.84. The van der Waals surface area contributed by atoms with Crippen LogP contribution in [0.5, 0.6) is 0 Å². The van der Waals surface area contributed by atoms with Gasteiger partial charge >= 0.3 is 0 Å². The third-order valence-electron chi connectivity index (χ3n) is 2.43. The Bertz CT molecular complexity index is 291. The molecular weight excluding hydrogens is 194 g/mol. The van der Waals surface area contributed by atoms with E-state index in [1.807, 2.05) is 0 Å². The molecule has 14 heavy (non-hydrogen) atoms. The van der Waals surface area contributed by atoms with Crippen molar-refractivity contribution in [1.29, 1.82) is 0 Å². The highest BCUT2D eigenvalue weighted by Gasteiger charge is 2.23. The number of thiazole rings is 1. The largest absolute Gasteiger partial charge is 0.325 e. The zero-order valence-electron chi connectivity index (χ0n) is 8.57. The van der Waals surface area contributed by atoms with E-state index in [9.17, 15) is 0 Å². The first-order valence-electron chi connectivity index (χ1n) is 5.19. The molecule has 2 N–H and O–H groups in total. The molecule has 1 aliphatic heterocycles. The van der Waals surface area contributed by atoms with E-state index < -0.39 is 0 Å². The van der Waals surface area contributed by atoms with Gasteiger partial charge in [0, 0.05) is 31.1 Å². The molecule has 1 aromatic heterocycles. The Labute approximate surface area is 88.9 Å². The predicted molar refractivity (Wildman–Crippen MR) is 59.4 cm³/mol. The third-order valence-corrected chi connectivity index (χ3v) is 3.39. The lowest BCUT2D eigenvalue weighted by Crippen LogP contribution is -2.54. The van der Waals surface area contributed by atoms with E-state index in [1.165, 1.54) is 17.1 Å². The van der Waals surface area contributed by atoms with E-state index in [1.54, 1.807) is 11.3 Å². The minimum Gasteiger partial charge on any atom is -0.325 e. The van der Waals surface area contributed by atoms with E-state index in [0.717, 1.165) is 26.1 Å². The van der Waals surface area contributed by atoms with Gasteiger partial charge in [0.05, 0.1) is 10.7 Å². The van der Waals surface area contributed by atoms with Gasteiger partial charge in [0.1, 0.15) is 0 Å². The highest BCUT2D eigenvalue weighted by atomic mass is 32.1. The van der Waals surface area contributed by atoms with Crippen LogP contribution in [0.25, 0.3) is 0 Å². The Morgan fingerprint density at radius 2 is 2.43 bits per heavy atom. The van der Waals surface area contributed by atoms with Crippen molar-refractivity contribution in [2.45, 2.75) is 32.4 Å². The first-order chi connectivity index (χ1) is 6.78. The van der Waals surface area contributed by atoms with Crippen LogP contribution in [-0.2, 0) is 13.0 Å². The minimum atomic E-state index is 0.392. The molecule has 0 unspecified atom stereocenters. The summed E-state index contributed by atoms with van der Waals surface area (Å²) in [4.78, 5) is 6.93. The lowest BCUT2D eigenvalue weighted by Gasteiger charge is -2.36. The van der Waals surface area contributed by atoms with Crippen LogP contribution in [0, 0.1) is 0 Å². The van der Waals surface area contributed by atoms with Gasteiger partial charge in [-0.15, -0.1) is 11.3 Å². The number of hydrogen-bond acceptors (Lipinski definition) is 4. The first-order valence-corrected chi connectivity index (χ1v) is 6.07. The molecule has 0 bridgehead atoms. The number of nitrogens with zero attached hydrogens (tertiary/aromatic N) is 2. The summed E-state index contributed by atoms with van der Waals surface area (Å²) in [6, 6.07) is 0.392. The van der Waals surface area contributed by atoms with Gasteiger partial charge in [0.2, 0.25) is 0 Å². The molecule has 1 aromatic rings. The number of nitrogens with two attached hydrogens (primary N) is 1. The summed E-state index contributed by atoms with van der Waals surface area (Å²) in [6.45, 7) is 5.23. The zero-order valence-corrected chi connectivity index (χ0v) is 9.39. The summed E-state index contributed by atoms with van der Waals surface area (Å²) >= 11 is 1.78. The van der Waals surface area contributed by atoms with E-state index in [0.29, 0.717) is 6.04 Å². The molecule has 0 spiro atoms. The molecule has 1 fully saturated rings. The van der Waals surface area contributed by atoms with Crippen molar-refractivity contribution in [3.05, 3.63) is 16.1 Å². The Hall–Kier alpha value is -0.450. The van der Waals surface area contributed by atoms with Crippen LogP contribution < -0.4 is 5.73 Å². The number of hydrogen-bond donors (Lipinski definition) is 1. The van der Waals surface area contributed by atoms with Crippen LogP contribution in [0.2, 0.25) is 0 Å². The molecule has 0 atom stereocenters. The zero-order chi connectivity index (χ0) is 9.97. The van der Waals surface area contributed by atoms with Crippen molar-refractivity contribution in [3.63, 3.8) is 0 Å². The second kappa shape index (κ2) is 4.38. The van der Waals surface area contributed by atoms with Gasteiger partial charge < -0.3 is 5.73 Å². The van der Waals surface area contributed by atoms with E-state index in [4.69, 9.17) is 5.73 Å². The summed E-state index contributed by atoms with van der Waals surface area (Å²) in [6.07, 6.45) is 2.30. The number of likely N-dealkylation sites (tertiary alicyclic amines) is 1. The highest BCUT2D eigenvalue weighted by molar-refractivity contribution is 7.09. The van der Waals surface area contributed by atoms with Crippen molar-refractivity contribution in [1.82, 2.24) is 9.88 Å². The van der Waals surface area contributed by atoms with Gasteiger partial charge in [-0.05, 0) is 12.8 Å². The third kappa shape index (κ3) is 2.32. The number of rotatable bonds is 4. The predicted octanol–water partition coefficient (Wildman–Crippen LogP) is 1.24. The lowest BCUT2D eigenvalue weighted by atomic mass is 10.1. The van der Waals surface area contributed by atoms with Crippen molar-refractivity contribution < 1.29 is 0 Å². The molecule has 0 saturated carbocycles. The monoisotopic (exact) mass is 211 g/mol. The fraction of sp³-hybridized carbons (Fsp3) is 0.700. The lowest BCUT2D eigenvalue weighted by molar-refractivity contribution is 0.141. The maximum absolute atomic E-state index is 5.72. The summed E-state index contributed by atoms with van der Waals surface area (Å²) in [5, 5.41) is 3.45. The van der Waals surface area contributed by atoms with Crippen LogP contribution in [0.4, 0.5) is 0 Å². The molecule has 1 saturated heterocycles. The molecule has 78 valence electrons. The van der Waals surface area contributed by atoms with Crippen molar-refractivity contribution >= 4 is 11.3 Å². The molecule has 0 aromatic carbocycles. The summed E-state index contributed by atoms with van der Waals surface area (Å²) in [5.74, 6) is 0. The van der Waals surface area contributed by atoms with E-state index >= 15 is 0 Å². The maximum Gasteiger partial charge on any atom is 0.0928 e. The average Bonchev–Trinajstić information content (AvgIpc) is 2.51. The fourth-order valence-electron chi connectivity index (χ4n) is 1.72. The standard InChI is InChI=1S/C10H17N3S/c1-2-3-10-12-9(7-14-10)6-13-4-8(11)5-13/h7-8H,2-6,11H2,1H3.